The quantitative estimate of drug-likeness (QED) is 0.751. The Labute approximate surface area is 146 Å². The number of hydrogen-bond donors (Lipinski definition) is 1. The van der Waals surface area contributed by atoms with E-state index in [4.69, 9.17) is 0 Å². The van der Waals surface area contributed by atoms with Gasteiger partial charge in [-0.05, 0) is 37.5 Å². The maximum atomic E-state index is 12.4. The van der Waals surface area contributed by atoms with Gasteiger partial charge in [0.25, 0.3) is 0 Å². The Balaban J connectivity index is 1.63. The third-order valence-electron chi connectivity index (χ3n) is 4.47. The molecule has 1 amide bonds. The van der Waals surface area contributed by atoms with E-state index >= 15 is 0 Å². The first-order valence-corrected chi connectivity index (χ1v) is 8.54. The van der Waals surface area contributed by atoms with Gasteiger partial charge in [0.2, 0.25) is 5.91 Å². The number of fused-ring (bicyclic) bond motifs is 1. The van der Waals surface area contributed by atoms with E-state index in [1.54, 1.807) is 11.6 Å². The summed E-state index contributed by atoms with van der Waals surface area (Å²) in [4.78, 5) is 24.7. The molecule has 1 unspecified atom stereocenters. The summed E-state index contributed by atoms with van der Waals surface area (Å²) in [5.41, 5.74) is 2.70. The number of nitrogens with zero attached hydrogens (tertiary/aromatic N) is 2. The Morgan fingerprint density at radius 1 is 1.04 bits per heavy atom. The molecular formula is C20H23N3O2. The maximum Gasteiger partial charge on any atom is 0.329 e. The van der Waals surface area contributed by atoms with Crippen LogP contribution in [0.4, 0.5) is 0 Å². The molecule has 25 heavy (non-hydrogen) atoms. The van der Waals surface area contributed by atoms with Gasteiger partial charge in [-0.15, -0.1) is 0 Å². The average molecular weight is 337 g/mol. The van der Waals surface area contributed by atoms with Gasteiger partial charge in [-0.2, -0.15) is 0 Å². The van der Waals surface area contributed by atoms with Crippen molar-refractivity contribution in [2.45, 2.75) is 32.4 Å². The summed E-state index contributed by atoms with van der Waals surface area (Å²) in [6, 6.07) is 17.8. The number of aromatic nitrogens is 2. The fourth-order valence-corrected chi connectivity index (χ4v) is 3.08. The van der Waals surface area contributed by atoms with Crippen LogP contribution in [0.1, 0.15) is 18.9 Å². The Bertz CT molecular complexity index is 925. The predicted molar refractivity (Wildman–Crippen MR) is 99.5 cm³/mol. The maximum absolute atomic E-state index is 12.4. The SMILES string of the molecule is CC(CCc1ccccc1)NC(=O)Cn1c(=O)n(C)c2ccccc21. The lowest BCUT2D eigenvalue weighted by Crippen LogP contribution is -2.37. The van der Waals surface area contributed by atoms with E-state index in [1.165, 1.54) is 10.1 Å². The second kappa shape index (κ2) is 7.38. The molecule has 3 aromatic rings. The van der Waals surface area contributed by atoms with Gasteiger partial charge in [-0.25, -0.2) is 4.79 Å². The topological polar surface area (TPSA) is 56.0 Å². The highest BCUT2D eigenvalue weighted by Gasteiger charge is 2.14. The molecule has 1 heterocycles. The smallest absolute Gasteiger partial charge is 0.329 e. The van der Waals surface area contributed by atoms with Crippen molar-refractivity contribution in [3.63, 3.8) is 0 Å². The molecular weight excluding hydrogens is 314 g/mol. The molecule has 5 nitrogen and oxygen atoms in total. The Hall–Kier alpha value is -2.82. The summed E-state index contributed by atoms with van der Waals surface area (Å²) in [7, 11) is 1.72. The molecule has 1 atom stereocenters. The van der Waals surface area contributed by atoms with E-state index in [-0.39, 0.29) is 24.2 Å². The summed E-state index contributed by atoms with van der Waals surface area (Å²) in [5, 5.41) is 2.99. The molecule has 0 saturated heterocycles. The second-order valence-electron chi connectivity index (χ2n) is 6.41. The van der Waals surface area contributed by atoms with E-state index in [2.05, 4.69) is 17.4 Å². The summed E-state index contributed by atoms with van der Waals surface area (Å²) in [6.07, 6.45) is 1.77. The molecule has 3 rings (SSSR count). The largest absolute Gasteiger partial charge is 0.352 e. The third-order valence-corrected chi connectivity index (χ3v) is 4.47. The Morgan fingerprint density at radius 3 is 2.40 bits per heavy atom. The van der Waals surface area contributed by atoms with Gasteiger partial charge in [0, 0.05) is 13.1 Å². The lowest BCUT2D eigenvalue weighted by Gasteiger charge is -2.14. The van der Waals surface area contributed by atoms with Gasteiger partial charge < -0.3 is 5.32 Å². The number of para-hydroxylation sites is 2. The summed E-state index contributed by atoms with van der Waals surface area (Å²) >= 11 is 0. The normalized spacial score (nSPS) is 12.2. The number of rotatable bonds is 6. The van der Waals surface area contributed by atoms with Gasteiger partial charge in [-0.3, -0.25) is 13.9 Å². The van der Waals surface area contributed by atoms with Gasteiger partial charge >= 0.3 is 5.69 Å². The lowest BCUT2D eigenvalue weighted by molar-refractivity contribution is -0.122. The molecule has 0 saturated carbocycles. The molecule has 5 heteroatoms. The van der Waals surface area contributed by atoms with Crippen molar-refractivity contribution in [3.05, 3.63) is 70.6 Å². The van der Waals surface area contributed by atoms with Crippen LogP contribution in [-0.2, 0) is 24.8 Å². The third kappa shape index (κ3) is 3.82. The first-order valence-electron chi connectivity index (χ1n) is 8.54. The second-order valence-corrected chi connectivity index (χ2v) is 6.41. The van der Waals surface area contributed by atoms with Crippen LogP contribution in [0.2, 0.25) is 0 Å². The van der Waals surface area contributed by atoms with Crippen molar-refractivity contribution in [3.8, 4) is 0 Å². The van der Waals surface area contributed by atoms with Crippen molar-refractivity contribution in [2.24, 2.45) is 7.05 Å². The molecule has 0 aliphatic rings. The molecule has 1 N–H and O–H groups in total. The van der Waals surface area contributed by atoms with E-state index < -0.39 is 0 Å². The molecule has 0 fully saturated rings. The van der Waals surface area contributed by atoms with E-state index in [0.717, 1.165) is 23.9 Å². The number of benzene rings is 2. The highest BCUT2D eigenvalue weighted by molar-refractivity contribution is 5.81. The van der Waals surface area contributed by atoms with Crippen LogP contribution in [0, 0.1) is 0 Å². The summed E-state index contributed by atoms with van der Waals surface area (Å²) < 4.78 is 3.09. The molecule has 0 aliphatic heterocycles. The van der Waals surface area contributed by atoms with Gasteiger partial charge in [0.05, 0.1) is 11.0 Å². The predicted octanol–water partition coefficient (Wildman–Crippen LogP) is 2.48. The summed E-state index contributed by atoms with van der Waals surface area (Å²) in [6.45, 7) is 2.03. The van der Waals surface area contributed by atoms with Crippen molar-refractivity contribution < 1.29 is 4.79 Å². The zero-order valence-corrected chi connectivity index (χ0v) is 14.6. The Morgan fingerprint density at radius 2 is 1.68 bits per heavy atom. The average Bonchev–Trinajstić information content (AvgIpc) is 2.86. The van der Waals surface area contributed by atoms with Crippen LogP contribution in [0.25, 0.3) is 11.0 Å². The number of amides is 1. The van der Waals surface area contributed by atoms with Crippen LogP contribution in [0.5, 0.6) is 0 Å². The van der Waals surface area contributed by atoms with E-state index in [1.807, 2.05) is 49.4 Å². The number of hydrogen-bond acceptors (Lipinski definition) is 2. The number of imidazole rings is 1. The van der Waals surface area contributed by atoms with Crippen LogP contribution in [0.3, 0.4) is 0 Å². The van der Waals surface area contributed by atoms with E-state index in [9.17, 15) is 9.59 Å². The molecule has 0 bridgehead atoms. The van der Waals surface area contributed by atoms with Gasteiger partial charge in [-0.1, -0.05) is 42.5 Å². The van der Waals surface area contributed by atoms with Crippen LogP contribution >= 0.6 is 0 Å². The molecule has 0 aliphatic carbocycles. The van der Waals surface area contributed by atoms with Gasteiger partial charge in [0.1, 0.15) is 6.54 Å². The van der Waals surface area contributed by atoms with Crippen molar-refractivity contribution in [1.29, 1.82) is 0 Å². The fraction of sp³-hybridized carbons (Fsp3) is 0.300. The number of carbonyl (C=O) groups is 1. The highest BCUT2D eigenvalue weighted by Crippen LogP contribution is 2.11. The summed E-state index contributed by atoms with van der Waals surface area (Å²) in [5.74, 6) is -0.140. The minimum absolute atomic E-state index is 0.0376. The van der Waals surface area contributed by atoms with Crippen LogP contribution in [-0.4, -0.2) is 21.1 Å². The van der Waals surface area contributed by atoms with Gasteiger partial charge in [0.15, 0.2) is 0 Å². The standard InChI is InChI=1S/C20H23N3O2/c1-15(12-13-16-8-4-3-5-9-16)21-19(24)14-23-18-11-7-6-10-17(18)22(2)20(23)25/h3-11,15H,12-14H2,1-2H3,(H,21,24). The van der Waals surface area contributed by atoms with E-state index in [0.29, 0.717) is 0 Å². The van der Waals surface area contributed by atoms with Crippen LogP contribution in [0.15, 0.2) is 59.4 Å². The number of nitrogens with one attached hydrogen (secondary N) is 1. The Kier molecular flexibility index (Phi) is 5.03. The number of aryl methyl sites for hydroxylation is 2. The highest BCUT2D eigenvalue weighted by atomic mass is 16.2. The minimum atomic E-state index is -0.173. The van der Waals surface area contributed by atoms with Crippen molar-refractivity contribution in [1.82, 2.24) is 14.5 Å². The molecule has 1 aromatic heterocycles. The zero-order valence-electron chi connectivity index (χ0n) is 14.6. The lowest BCUT2D eigenvalue weighted by atomic mass is 10.1. The molecule has 0 radical (unpaired) electrons. The minimum Gasteiger partial charge on any atom is -0.352 e. The fourth-order valence-electron chi connectivity index (χ4n) is 3.08. The first-order chi connectivity index (χ1) is 12.1. The van der Waals surface area contributed by atoms with Crippen molar-refractivity contribution >= 4 is 16.9 Å². The van der Waals surface area contributed by atoms with Crippen molar-refractivity contribution in [2.75, 3.05) is 0 Å². The monoisotopic (exact) mass is 337 g/mol. The molecule has 130 valence electrons. The number of carbonyl (C=O) groups excluding carboxylic acids is 1. The van der Waals surface area contributed by atoms with Crippen LogP contribution < -0.4 is 11.0 Å². The first kappa shape index (κ1) is 17.0. The molecule has 2 aromatic carbocycles. The zero-order chi connectivity index (χ0) is 17.8. The molecule has 0 spiro atoms.